The average molecular weight is 262 g/mol. The molecule has 1 aromatic rings. The zero-order valence-corrected chi connectivity index (χ0v) is 11.3. The number of hydrogen-bond donors (Lipinski definition) is 1. The molecule has 1 saturated carbocycles. The van der Waals surface area contributed by atoms with Crippen molar-refractivity contribution < 1.29 is 4.79 Å². The number of hydrogen-bond acceptors (Lipinski definition) is 3. The highest BCUT2D eigenvalue weighted by molar-refractivity contribution is 5.82. The van der Waals surface area contributed by atoms with Crippen LogP contribution in [-0.4, -0.2) is 45.8 Å². The number of nitrogens with one attached hydrogen (secondary N) is 1. The fourth-order valence-corrected chi connectivity index (χ4v) is 2.71. The molecule has 0 spiro atoms. The van der Waals surface area contributed by atoms with Crippen LogP contribution in [-0.2, 0) is 11.3 Å². The van der Waals surface area contributed by atoms with Crippen LogP contribution in [0.1, 0.15) is 32.1 Å². The fraction of sp³-hybridized carbons (Fsp3) is 0.714. The first-order valence-corrected chi connectivity index (χ1v) is 7.35. The van der Waals surface area contributed by atoms with Gasteiger partial charge in [-0.2, -0.15) is 5.10 Å². The summed E-state index contributed by atoms with van der Waals surface area (Å²) in [5, 5.41) is 7.65. The predicted octanol–water partition coefficient (Wildman–Crippen LogP) is 1.02. The van der Waals surface area contributed by atoms with Crippen molar-refractivity contribution in [3.8, 4) is 0 Å². The second-order valence-electron chi connectivity index (χ2n) is 5.58. The molecule has 19 heavy (non-hydrogen) atoms. The van der Waals surface area contributed by atoms with Crippen LogP contribution in [0.15, 0.2) is 18.5 Å². The summed E-state index contributed by atoms with van der Waals surface area (Å²) >= 11 is 0. The molecule has 5 heteroatoms. The molecule has 5 nitrogen and oxygen atoms in total. The molecule has 0 aromatic carbocycles. The lowest BCUT2D eigenvalue weighted by molar-refractivity contribution is -0.136. The number of carbonyl (C=O) groups excluding carboxylic acids is 1. The van der Waals surface area contributed by atoms with E-state index in [2.05, 4.69) is 10.4 Å². The number of piperidine rings is 1. The summed E-state index contributed by atoms with van der Waals surface area (Å²) in [5.41, 5.74) is 0. The van der Waals surface area contributed by atoms with Crippen LogP contribution in [0.5, 0.6) is 0 Å². The monoisotopic (exact) mass is 262 g/mol. The molecular weight excluding hydrogens is 240 g/mol. The Kier molecular flexibility index (Phi) is 3.82. The van der Waals surface area contributed by atoms with Crippen molar-refractivity contribution in [2.75, 3.05) is 13.1 Å². The van der Waals surface area contributed by atoms with Gasteiger partial charge < -0.3 is 10.2 Å². The Morgan fingerprint density at radius 1 is 1.32 bits per heavy atom. The SMILES string of the molecule is O=C1C(NC2CC2)CCCN1CCCn1cccn1. The van der Waals surface area contributed by atoms with E-state index in [1.807, 2.05) is 21.8 Å². The molecule has 1 atom stereocenters. The van der Waals surface area contributed by atoms with E-state index >= 15 is 0 Å². The van der Waals surface area contributed by atoms with Gasteiger partial charge in [-0.05, 0) is 38.2 Å². The van der Waals surface area contributed by atoms with Crippen LogP contribution in [0, 0.1) is 0 Å². The van der Waals surface area contributed by atoms with Gasteiger partial charge in [-0.3, -0.25) is 9.48 Å². The molecule has 1 N–H and O–H groups in total. The number of carbonyl (C=O) groups is 1. The van der Waals surface area contributed by atoms with Gasteiger partial charge >= 0.3 is 0 Å². The quantitative estimate of drug-likeness (QED) is 0.832. The molecule has 1 aromatic heterocycles. The van der Waals surface area contributed by atoms with Gasteiger partial charge in [-0.15, -0.1) is 0 Å². The molecular formula is C14H22N4O. The maximum absolute atomic E-state index is 12.3. The first-order chi connectivity index (χ1) is 9.33. The molecule has 1 aliphatic carbocycles. The third kappa shape index (κ3) is 3.35. The molecule has 1 unspecified atom stereocenters. The third-order valence-electron chi connectivity index (χ3n) is 3.92. The van der Waals surface area contributed by atoms with Gasteiger partial charge in [-0.25, -0.2) is 0 Å². The van der Waals surface area contributed by atoms with Gasteiger partial charge in [0.25, 0.3) is 0 Å². The summed E-state index contributed by atoms with van der Waals surface area (Å²) in [6.07, 6.45) is 9.34. The predicted molar refractivity (Wildman–Crippen MR) is 72.6 cm³/mol. The number of rotatable bonds is 6. The summed E-state index contributed by atoms with van der Waals surface area (Å²) < 4.78 is 1.92. The lowest BCUT2D eigenvalue weighted by atomic mass is 10.0. The van der Waals surface area contributed by atoms with E-state index in [1.165, 1.54) is 12.8 Å². The molecule has 0 radical (unpaired) electrons. The number of aromatic nitrogens is 2. The van der Waals surface area contributed by atoms with Crippen LogP contribution >= 0.6 is 0 Å². The van der Waals surface area contributed by atoms with Crippen molar-refractivity contribution >= 4 is 5.91 Å². The highest BCUT2D eigenvalue weighted by Crippen LogP contribution is 2.22. The standard InChI is InChI=1S/C14H22N4O/c19-14-13(16-12-5-6-12)4-1-8-17(14)9-3-11-18-10-2-7-15-18/h2,7,10,12-13,16H,1,3-6,8-9,11H2. The van der Waals surface area contributed by atoms with Gasteiger partial charge in [-0.1, -0.05) is 0 Å². The Balaban J connectivity index is 1.45. The highest BCUT2D eigenvalue weighted by atomic mass is 16.2. The van der Waals surface area contributed by atoms with E-state index in [-0.39, 0.29) is 6.04 Å². The summed E-state index contributed by atoms with van der Waals surface area (Å²) in [6, 6.07) is 2.62. The summed E-state index contributed by atoms with van der Waals surface area (Å²) in [4.78, 5) is 14.3. The van der Waals surface area contributed by atoms with Crippen LogP contribution in [0.2, 0.25) is 0 Å². The van der Waals surface area contributed by atoms with Crippen molar-refractivity contribution in [2.24, 2.45) is 0 Å². The van der Waals surface area contributed by atoms with Crippen molar-refractivity contribution in [1.82, 2.24) is 20.0 Å². The number of amides is 1. The lowest BCUT2D eigenvalue weighted by Gasteiger charge is -2.32. The van der Waals surface area contributed by atoms with Crippen LogP contribution in [0.25, 0.3) is 0 Å². The smallest absolute Gasteiger partial charge is 0.239 e. The Morgan fingerprint density at radius 3 is 2.95 bits per heavy atom. The fourth-order valence-electron chi connectivity index (χ4n) is 2.71. The van der Waals surface area contributed by atoms with Crippen molar-refractivity contribution in [1.29, 1.82) is 0 Å². The van der Waals surface area contributed by atoms with Gasteiger partial charge in [0, 0.05) is 38.1 Å². The third-order valence-corrected chi connectivity index (χ3v) is 3.92. The van der Waals surface area contributed by atoms with E-state index < -0.39 is 0 Å². The van der Waals surface area contributed by atoms with Crippen molar-refractivity contribution in [3.05, 3.63) is 18.5 Å². The largest absolute Gasteiger partial charge is 0.341 e. The zero-order chi connectivity index (χ0) is 13.1. The van der Waals surface area contributed by atoms with Gasteiger partial charge in [0.05, 0.1) is 6.04 Å². The molecule has 2 fully saturated rings. The van der Waals surface area contributed by atoms with E-state index in [0.29, 0.717) is 11.9 Å². The zero-order valence-electron chi connectivity index (χ0n) is 11.3. The maximum atomic E-state index is 12.3. The topological polar surface area (TPSA) is 50.2 Å². The van der Waals surface area contributed by atoms with Crippen molar-refractivity contribution in [3.63, 3.8) is 0 Å². The van der Waals surface area contributed by atoms with Crippen LogP contribution in [0.4, 0.5) is 0 Å². The second-order valence-corrected chi connectivity index (χ2v) is 5.58. The van der Waals surface area contributed by atoms with E-state index in [0.717, 1.165) is 38.9 Å². The first kappa shape index (κ1) is 12.7. The molecule has 0 bridgehead atoms. The Labute approximate surface area is 114 Å². The second kappa shape index (κ2) is 5.74. The maximum Gasteiger partial charge on any atom is 0.239 e. The van der Waals surface area contributed by atoms with Crippen molar-refractivity contribution in [2.45, 2.75) is 50.7 Å². The number of aryl methyl sites for hydroxylation is 1. The molecule has 2 aliphatic rings. The van der Waals surface area contributed by atoms with Crippen LogP contribution < -0.4 is 5.32 Å². The summed E-state index contributed by atoms with van der Waals surface area (Å²) in [7, 11) is 0. The lowest BCUT2D eigenvalue weighted by Crippen LogP contribution is -2.51. The normalized spacial score (nSPS) is 23.9. The molecule has 1 saturated heterocycles. The Hall–Kier alpha value is -1.36. The van der Waals surface area contributed by atoms with Gasteiger partial charge in [0.15, 0.2) is 0 Å². The van der Waals surface area contributed by atoms with E-state index in [1.54, 1.807) is 6.20 Å². The minimum Gasteiger partial charge on any atom is -0.341 e. The molecule has 1 aliphatic heterocycles. The molecule has 104 valence electrons. The molecule has 1 amide bonds. The minimum atomic E-state index is 0.0750. The van der Waals surface area contributed by atoms with Crippen LogP contribution in [0.3, 0.4) is 0 Å². The van der Waals surface area contributed by atoms with E-state index in [4.69, 9.17) is 0 Å². The minimum absolute atomic E-state index is 0.0750. The molecule has 3 rings (SSSR count). The summed E-state index contributed by atoms with van der Waals surface area (Å²) in [6.45, 7) is 2.65. The Bertz CT molecular complexity index is 413. The number of likely N-dealkylation sites (tertiary alicyclic amines) is 1. The van der Waals surface area contributed by atoms with Gasteiger partial charge in [0.1, 0.15) is 0 Å². The number of nitrogens with zero attached hydrogens (tertiary/aromatic N) is 3. The first-order valence-electron chi connectivity index (χ1n) is 7.35. The Morgan fingerprint density at radius 2 is 2.21 bits per heavy atom. The highest BCUT2D eigenvalue weighted by Gasteiger charge is 2.32. The van der Waals surface area contributed by atoms with Gasteiger partial charge in [0.2, 0.25) is 5.91 Å². The van der Waals surface area contributed by atoms with E-state index in [9.17, 15) is 4.79 Å². The summed E-state index contributed by atoms with van der Waals surface area (Å²) in [5.74, 6) is 0.304. The molecule has 2 heterocycles. The average Bonchev–Trinajstić information content (AvgIpc) is 3.07.